The van der Waals surface area contributed by atoms with E-state index in [0.29, 0.717) is 31.8 Å². The normalized spacial score (nSPS) is 17.2. The number of carbonyl (C=O) groups excluding carboxylic acids is 3. The summed E-state index contributed by atoms with van der Waals surface area (Å²) in [7, 11) is -2.24. The summed E-state index contributed by atoms with van der Waals surface area (Å²) in [5.74, 6) is -0.379. The first-order chi connectivity index (χ1) is 21.2. The van der Waals surface area contributed by atoms with E-state index in [1.165, 1.54) is 13.1 Å². The quantitative estimate of drug-likeness (QED) is 0.236. The molecule has 0 saturated carbocycles. The maximum atomic E-state index is 13.9. The highest BCUT2D eigenvalue weighted by Gasteiger charge is 2.30. The number of nitrogens with one attached hydrogen (secondary N) is 1. The average Bonchev–Trinajstić information content (AvgIpc) is 3.48. The minimum absolute atomic E-state index is 0.0598. The summed E-state index contributed by atoms with van der Waals surface area (Å²) in [6.07, 6.45) is 4.55. The zero-order chi connectivity index (χ0) is 33.3. The number of sulfonamides is 1. The Balaban J connectivity index is 1.92. The number of rotatable bonds is 17. The van der Waals surface area contributed by atoms with Gasteiger partial charge in [0.1, 0.15) is 0 Å². The molecular weight excluding hydrogens is 590 g/mol. The number of carbonyl (C=O) groups is 3. The fourth-order valence-corrected chi connectivity index (χ4v) is 6.43. The van der Waals surface area contributed by atoms with Gasteiger partial charge < -0.3 is 15.3 Å². The molecule has 1 fully saturated rings. The lowest BCUT2D eigenvalue weighted by molar-refractivity contribution is -0.123. The summed E-state index contributed by atoms with van der Waals surface area (Å²) < 4.78 is 26.0. The summed E-state index contributed by atoms with van der Waals surface area (Å²) >= 11 is 0. The fraction of sp³-hybridized carbons (Fsp3) is 0.571. The van der Waals surface area contributed by atoms with Crippen molar-refractivity contribution in [1.29, 1.82) is 0 Å². The van der Waals surface area contributed by atoms with Crippen molar-refractivity contribution < 1.29 is 27.9 Å². The van der Waals surface area contributed by atoms with Crippen molar-refractivity contribution in [3.8, 4) is 0 Å². The van der Waals surface area contributed by atoms with Crippen molar-refractivity contribution in [2.24, 2.45) is 11.8 Å². The molecule has 2 aromatic rings. The third-order valence-corrected chi connectivity index (χ3v) is 9.93. The SMILES string of the molecule is CCC1CCCN1C(=O)c1cc(C(=O)C[C@H](CNC(C(=O)CCC(C)C)C(C)O)Cc2ccccc2)cc(N(C)S(C)(=O)=O)c1. The third kappa shape index (κ3) is 10.5. The molecule has 1 aliphatic rings. The molecule has 0 bridgehead atoms. The molecule has 10 heteroatoms. The summed E-state index contributed by atoms with van der Waals surface area (Å²) in [4.78, 5) is 42.4. The lowest BCUT2D eigenvalue weighted by Crippen LogP contribution is -2.47. The average molecular weight is 642 g/mol. The van der Waals surface area contributed by atoms with Crippen LogP contribution in [0.1, 0.15) is 92.5 Å². The number of nitrogens with zero attached hydrogens (tertiary/aromatic N) is 2. The number of likely N-dealkylation sites (tertiary alicyclic amines) is 1. The maximum Gasteiger partial charge on any atom is 0.254 e. The Kier molecular flexibility index (Phi) is 13.3. The molecule has 0 radical (unpaired) electrons. The molecule has 1 amide bonds. The molecule has 0 aliphatic carbocycles. The number of hydrogen-bond donors (Lipinski definition) is 2. The summed E-state index contributed by atoms with van der Waals surface area (Å²) in [6, 6.07) is 13.8. The van der Waals surface area contributed by atoms with Crippen LogP contribution in [0.25, 0.3) is 0 Å². The second-order valence-corrected chi connectivity index (χ2v) is 14.9. The molecule has 45 heavy (non-hydrogen) atoms. The largest absolute Gasteiger partial charge is 0.391 e. The molecule has 0 aromatic heterocycles. The minimum atomic E-state index is -3.65. The second-order valence-electron chi connectivity index (χ2n) is 12.9. The van der Waals surface area contributed by atoms with Gasteiger partial charge in [0, 0.05) is 43.6 Å². The first-order valence-electron chi connectivity index (χ1n) is 16.1. The second kappa shape index (κ2) is 16.5. The van der Waals surface area contributed by atoms with E-state index in [1.807, 2.05) is 42.2 Å². The molecular formula is C35H51N3O6S. The van der Waals surface area contributed by atoms with Gasteiger partial charge in [-0.25, -0.2) is 8.42 Å². The van der Waals surface area contributed by atoms with Crippen LogP contribution in [0.3, 0.4) is 0 Å². The molecule has 3 unspecified atom stereocenters. The van der Waals surface area contributed by atoms with Crippen molar-refractivity contribution in [2.75, 3.05) is 30.7 Å². The summed E-state index contributed by atoms with van der Waals surface area (Å²) in [5, 5.41) is 13.7. The van der Waals surface area contributed by atoms with Crippen molar-refractivity contribution in [1.82, 2.24) is 10.2 Å². The molecule has 0 spiro atoms. The van der Waals surface area contributed by atoms with Crippen molar-refractivity contribution in [3.05, 3.63) is 65.2 Å². The van der Waals surface area contributed by atoms with Crippen LogP contribution in [0.5, 0.6) is 0 Å². The van der Waals surface area contributed by atoms with Crippen molar-refractivity contribution in [3.63, 3.8) is 0 Å². The number of amides is 1. The first-order valence-corrected chi connectivity index (χ1v) is 18.0. The van der Waals surface area contributed by atoms with Gasteiger partial charge in [0.25, 0.3) is 5.91 Å². The molecule has 1 aliphatic heterocycles. The van der Waals surface area contributed by atoms with Gasteiger partial charge in [-0.2, -0.15) is 0 Å². The van der Waals surface area contributed by atoms with Crippen LogP contribution in [0.15, 0.2) is 48.5 Å². The molecule has 9 nitrogen and oxygen atoms in total. The molecule has 1 heterocycles. The van der Waals surface area contributed by atoms with E-state index >= 15 is 0 Å². The van der Waals surface area contributed by atoms with E-state index in [0.717, 1.165) is 41.8 Å². The number of anilines is 1. The van der Waals surface area contributed by atoms with Crippen LogP contribution >= 0.6 is 0 Å². The van der Waals surface area contributed by atoms with E-state index in [4.69, 9.17) is 0 Å². The Labute approximate surface area is 269 Å². The fourth-order valence-electron chi connectivity index (χ4n) is 5.94. The van der Waals surface area contributed by atoms with E-state index < -0.39 is 22.2 Å². The number of aliphatic hydroxyl groups excluding tert-OH is 1. The lowest BCUT2D eigenvalue weighted by Gasteiger charge is -2.26. The van der Waals surface area contributed by atoms with Crippen molar-refractivity contribution in [2.45, 2.75) is 90.8 Å². The van der Waals surface area contributed by atoms with Gasteiger partial charge in [-0.05, 0) is 81.2 Å². The molecule has 248 valence electrons. The Hall–Kier alpha value is -3.08. The van der Waals surface area contributed by atoms with Gasteiger partial charge in [0.2, 0.25) is 10.0 Å². The first kappa shape index (κ1) is 36.4. The summed E-state index contributed by atoms with van der Waals surface area (Å²) in [5.41, 5.74) is 1.82. The van der Waals surface area contributed by atoms with Crippen LogP contribution < -0.4 is 9.62 Å². The van der Waals surface area contributed by atoms with Gasteiger partial charge >= 0.3 is 0 Å². The van der Waals surface area contributed by atoms with Crippen LogP contribution in [0.2, 0.25) is 0 Å². The van der Waals surface area contributed by atoms with E-state index in [-0.39, 0.29) is 52.7 Å². The number of aliphatic hydroxyl groups is 1. The van der Waals surface area contributed by atoms with E-state index in [2.05, 4.69) is 19.2 Å². The van der Waals surface area contributed by atoms with Crippen molar-refractivity contribution >= 4 is 33.2 Å². The topological polar surface area (TPSA) is 124 Å². The number of ketones is 2. The Bertz CT molecular complexity index is 1410. The maximum absolute atomic E-state index is 13.9. The summed E-state index contributed by atoms with van der Waals surface area (Å²) in [6.45, 7) is 8.67. The van der Waals surface area contributed by atoms with Crippen LogP contribution in [-0.4, -0.2) is 80.5 Å². The van der Waals surface area contributed by atoms with Gasteiger partial charge in [0.15, 0.2) is 11.6 Å². The zero-order valence-electron chi connectivity index (χ0n) is 27.7. The Morgan fingerprint density at radius 3 is 2.33 bits per heavy atom. The predicted molar refractivity (Wildman–Crippen MR) is 179 cm³/mol. The highest BCUT2D eigenvalue weighted by atomic mass is 32.2. The van der Waals surface area contributed by atoms with Crippen LogP contribution in [-0.2, 0) is 21.2 Å². The highest BCUT2D eigenvalue weighted by Crippen LogP contribution is 2.27. The van der Waals surface area contributed by atoms with Gasteiger partial charge in [-0.15, -0.1) is 0 Å². The molecule has 3 rings (SSSR count). The number of hydrogen-bond acceptors (Lipinski definition) is 7. The minimum Gasteiger partial charge on any atom is -0.391 e. The monoisotopic (exact) mass is 641 g/mol. The van der Waals surface area contributed by atoms with Crippen LogP contribution in [0.4, 0.5) is 5.69 Å². The smallest absolute Gasteiger partial charge is 0.254 e. The van der Waals surface area contributed by atoms with E-state index in [1.54, 1.807) is 19.1 Å². The van der Waals surface area contributed by atoms with Gasteiger partial charge in [-0.3, -0.25) is 18.7 Å². The standard InChI is InChI=1S/C35H51N3O6S/c1-7-30-14-11-17-38(30)35(42)29-20-28(21-31(22-29)37(5)45(6,43)44)33(41)19-27(18-26-12-9-8-10-13-26)23-36-34(25(4)39)32(40)16-15-24(2)3/h8-10,12-13,20-22,24-25,27,30,34,36,39H,7,11,14-19,23H2,1-6H3/t25?,27-,30?,34?/m1/s1. The van der Waals surface area contributed by atoms with E-state index in [9.17, 15) is 27.9 Å². The number of benzene rings is 2. The van der Waals surface area contributed by atoms with Gasteiger partial charge in [0.05, 0.1) is 24.1 Å². The Morgan fingerprint density at radius 2 is 1.73 bits per heavy atom. The molecule has 4 atom stereocenters. The number of Topliss-reactive ketones (excluding diaryl/α,β-unsaturated/α-hetero) is 2. The zero-order valence-corrected chi connectivity index (χ0v) is 28.5. The molecule has 2 N–H and O–H groups in total. The molecule has 2 aromatic carbocycles. The van der Waals surface area contributed by atoms with Crippen LogP contribution in [0, 0.1) is 11.8 Å². The third-order valence-electron chi connectivity index (χ3n) is 8.72. The Morgan fingerprint density at radius 1 is 1.07 bits per heavy atom. The molecule has 1 saturated heterocycles. The van der Waals surface area contributed by atoms with Gasteiger partial charge in [-0.1, -0.05) is 51.1 Å². The lowest BCUT2D eigenvalue weighted by atomic mass is 9.90. The predicted octanol–water partition coefficient (Wildman–Crippen LogP) is 4.87. The highest BCUT2D eigenvalue weighted by molar-refractivity contribution is 7.92.